The van der Waals surface area contributed by atoms with Crippen molar-refractivity contribution >= 4 is 17.4 Å². The Hall–Kier alpha value is -3.52. The summed E-state index contributed by atoms with van der Waals surface area (Å²) in [5.74, 6) is -0.00888. The van der Waals surface area contributed by atoms with Crippen LogP contribution in [0.3, 0.4) is 0 Å². The lowest BCUT2D eigenvalue weighted by Gasteiger charge is -2.27. The molecule has 0 spiro atoms. The maximum Gasteiger partial charge on any atom is 0.295 e. The zero-order valence-electron chi connectivity index (χ0n) is 18.9. The highest BCUT2D eigenvalue weighted by atomic mass is 16.5. The van der Waals surface area contributed by atoms with E-state index in [-0.39, 0.29) is 11.3 Å². The number of hydrogen-bond donors (Lipinski definition) is 1. The van der Waals surface area contributed by atoms with Crippen molar-refractivity contribution in [3.63, 3.8) is 0 Å². The molecular weight excluding hydrogens is 412 g/mol. The van der Waals surface area contributed by atoms with E-state index in [1.54, 1.807) is 49.6 Å². The molecule has 1 atom stereocenters. The van der Waals surface area contributed by atoms with E-state index >= 15 is 0 Å². The van der Waals surface area contributed by atoms with Crippen molar-refractivity contribution < 1.29 is 28.9 Å². The van der Waals surface area contributed by atoms with E-state index in [9.17, 15) is 14.7 Å². The summed E-state index contributed by atoms with van der Waals surface area (Å²) in [6.45, 7) is 0.870. The number of rotatable bonds is 8. The van der Waals surface area contributed by atoms with E-state index < -0.39 is 17.7 Å². The van der Waals surface area contributed by atoms with Crippen LogP contribution in [0, 0.1) is 0 Å². The third-order valence-corrected chi connectivity index (χ3v) is 5.41. The van der Waals surface area contributed by atoms with E-state index in [0.717, 1.165) is 0 Å². The molecule has 2 aromatic rings. The van der Waals surface area contributed by atoms with E-state index in [2.05, 4.69) is 0 Å². The first-order valence-corrected chi connectivity index (χ1v) is 10.1. The number of aliphatic hydroxyl groups is 1. The molecule has 1 aliphatic rings. The van der Waals surface area contributed by atoms with Gasteiger partial charge in [0.25, 0.3) is 11.7 Å². The third-order valence-electron chi connectivity index (χ3n) is 5.41. The molecule has 1 unspecified atom stereocenters. The average molecular weight is 440 g/mol. The first-order chi connectivity index (χ1) is 15.3. The fourth-order valence-electron chi connectivity index (χ4n) is 3.69. The average Bonchev–Trinajstić information content (AvgIpc) is 3.06. The number of ether oxygens (including phenoxy) is 3. The molecule has 2 aromatic carbocycles. The van der Waals surface area contributed by atoms with E-state index in [0.29, 0.717) is 41.5 Å². The highest BCUT2D eigenvalue weighted by Crippen LogP contribution is 2.41. The van der Waals surface area contributed by atoms with Crippen molar-refractivity contribution in [2.75, 3.05) is 48.5 Å². The van der Waals surface area contributed by atoms with Crippen LogP contribution in [0.2, 0.25) is 0 Å². The Labute approximate surface area is 187 Å². The molecule has 3 rings (SSSR count). The maximum absolute atomic E-state index is 13.1. The predicted octanol–water partition coefficient (Wildman–Crippen LogP) is 2.70. The number of ketones is 1. The van der Waals surface area contributed by atoms with Crippen molar-refractivity contribution in [2.45, 2.75) is 6.04 Å². The minimum absolute atomic E-state index is 0.0335. The van der Waals surface area contributed by atoms with E-state index in [1.807, 2.05) is 19.0 Å². The van der Waals surface area contributed by atoms with Gasteiger partial charge in [0.1, 0.15) is 11.5 Å². The number of aliphatic hydroxyl groups excluding tert-OH is 1. The van der Waals surface area contributed by atoms with Crippen LogP contribution in [0.1, 0.15) is 17.2 Å². The first kappa shape index (κ1) is 23.1. The number of likely N-dealkylation sites (tertiary alicyclic amines) is 1. The van der Waals surface area contributed by atoms with Crippen LogP contribution >= 0.6 is 0 Å². The monoisotopic (exact) mass is 440 g/mol. The van der Waals surface area contributed by atoms with Gasteiger partial charge >= 0.3 is 0 Å². The highest BCUT2D eigenvalue weighted by molar-refractivity contribution is 6.46. The highest BCUT2D eigenvalue weighted by Gasteiger charge is 2.46. The smallest absolute Gasteiger partial charge is 0.295 e. The summed E-state index contributed by atoms with van der Waals surface area (Å²) in [6.07, 6.45) is 0. The summed E-state index contributed by atoms with van der Waals surface area (Å²) in [5.41, 5.74) is 1.09. The number of nitrogens with zero attached hydrogens (tertiary/aromatic N) is 2. The third kappa shape index (κ3) is 4.40. The Morgan fingerprint density at radius 1 is 0.969 bits per heavy atom. The molecule has 8 heteroatoms. The van der Waals surface area contributed by atoms with Crippen LogP contribution in [0.15, 0.2) is 48.0 Å². The number of benzene rings is 2. The Bertz CT molecular complexity index is 1030. The Kier molecular flexibility index (Phi) is 7.05. The molecule has 1 N–H and O–H groups in total. The molecular formula is C24H28N2O6. The molecule has 0 aliphatic carbocycles. The van der Waals surface area contributed by atoms with Crippen LogP contribution in [0.4, 0.5) is 0 Å². The summed E-state index contributed by atoms with van der Waals surface area (Å²) >= 11 is 0. The van der Waals surface area contributed by atoms with Gasteiger partial charge in [0, 0.05) is 18.7 Å². The van der Waals surface area contributed by atoms with Gasteiger partial charge < -0.3 is 29.1 Å². The number of methoxy groups -OCH3 is 3. The minimum Gasteiger partial charge on any atom is -0.507 e. The molecule has 170 valence electrons. The number of Topliss-reactive ketones (excluding diaryl/α,β-unsaturated/α-hetero) is 1. The van der Waals surface area contributed by atoms with Gasteiger partial charge in [0.05, 0.1) is 32.9 Å². The fourth-order valence-corrected chi connectivity index (χ4v) is 3.69. The number of carbonyl (C=O) groups is 2. The Morgan fingerprint density at radius 2 is 1.62 bits per heavy atom. The molecule has 1 saturated heterocycles. The second-order valence-corrected chi connectivity index (χ2v) is 7.64. The molecule has 8 nitrogen and oxygen atoms in total. The van der Waals surface area contributed by atoms with Crippen LogP contribution in [-0.2, 0) is 9.59 Å². The Balaban J connectivity index is 2.16. The summed E-state index contributed by atoms with van der Waals surface area (Å²) < 4.78 is 15.9. The van der Waals surface area contributed by atoms with Gasteiger partial charge in [-0.1, -0.05) is 6.07 Å². The molecule has 0 radical (unpaired) electrons. The van der Waals surface area contributed by atoms with Crippen LogP contribution in [0.25, 0.3) is 5.76 Å². The van der Waals surface area contributed by atoms with Crippen molar-refractivity contribution in [1.29, 1.82) is 0 Å². The van der Waals surface area contributed by atoms with Crippen LogP contribution in [-0.4, -0.2) is 75.1 Å². The van der Waals surface area contributed by atoms with Crippen molar-refractivity contribution in [3.05, 3.63) is 59.2 Å². The van der Waals surface area contributed by atoms with Crippen molar-refractivity contribution in [3.8, 4) is 17.2 Å². The number of carbonyl (C=O) groups excluding carboxylic acids is 2. The predicted molar refractivity (Wildman–Crippen MR) is 120 cm³/mol. The molecule has 1 heterocycles. The molecule has 0 bridgehead atoms. The van der Waals surface area contributed by atoms with Gasteiger partial charge in [-0.15, -0.1) is 0 Å². The zero-order valence-corrected chi connectivity index (χ0v) is 18.9. The van der Waals surface area contributed by atoms with Gasteiger partial charge in [0.15, 0.2) is 11.5 Å². The normalized spacial score (nSPS) is 17.7. The number of amides is 1. The molecule has 32 heavy (non-hydrogen) atoms. The zero-order chi connectivity index (χ0) is 23.4. The van der Waals surface area contributed by atoms with Gasteiger partial charge in [-0.3, -0.25) is 9.59 Å². The topological polar surface area (TPSA) is 88.5 Å². The molecule has 0 aromatic heterocycles. The lowest BCUT2D eigenvalue weighted by molar-refractivity contribution is -0.140. The minimum atomic E-state index is -0.767. The van der Waals surface area contributed by atoms with Crippen LogP contribution < -0.4 is 14.2 Å². The summed E-state index contributed by atoms with van der Waals surface area (Å²) in [6, 6.07) is 11.1. The van der Waals surface area contributed by atoms with Gasteiger partial charge in [-0.25, -0.2) is 0 Å². The van der Waals surface area contributed by atoms with Gasteiger partial charge in [-0.05, 0) is 56.1 Å². The first-order valence-electron chi connectivity index (χ1n) is 10.1. The SMILES string of the molecule is COc1ccc(/C(O)=C2/C(=O)C(=O)N(CCN(C)C)C2c2ccc(OC)c(OC)c2)cc1. The van der Waals surface area contributed by atoms with Crippen molar-refractivity contribution in [2.24, 2.45) is 0 Å². The van der Waals surface area contributed by atoms with Crippen molar-refractivity contribution in [1.82, 2.24) is 9.80 Å². The quantitative estimate of drug-likeness (QED) is 0.384. The number of hydrogen-bond acceptors (Lipinski definition) is 7. The lowest BCUT2D eigenvalue weighted by atomic mass is 9.95. The second kappa shape index (κ2) is 9.74. The Morgan fingerprint density at radius 3 is 2.19 bits per heavy atom. The molecule has 1 aliphatic heterocycles. The maximum atomic E-state index is 13.1. The molecule has 0 saturated carbocycles. The summed E-state index contributed by atoms with van der Waals surface area (Å²) in [7, 11) is 8.37. The summed E-state index contributed by atoms with van der Waals surface area (Å²) in [5, 5.41) is 11.1. The molecule has 1 amide bonds. The van der Waals surface area contributed by atoms with Gasteiger partial charge in [-0.2, -0.15) is 0 Å². The molecule has 1 fully saturated rings. The second-order valence-electron chi connectivity index (χ2n) is 7.64. The van der Waals surface area contributed by atoms with E-state index in [4.69, 9.17) is 14.2 Å². The van der Waals surface area contributed by atoms with Crippen LogP contribution in [0.5, 0.6) is 17.2 Å². The number of likely N-dealkylation sites (N-methyl/N-ethyl adjacent to an activating group) is 1. The van der Waals surface area contributed by atoms with E-state index in [1.165, 1.54) is 19.1 Å². The van der Waals surface area contributed by atoms with Gasteiger partial charge in [0.2, 0.25) is 0 Å². The summed E-state index contributed by atoms with van der Waals surface area (Å²) in [4.78, 5) is 29.4. The largest absolute Gasteiger partial charge is 0.507 e. The lowest BCUT2D eigenvalue weighted by Crippen LogP contribution is -2.35. The standard InChI is InChI=1S/C24H28N2O6/c1-25(2)12-13-26-21(16-8-11-18(31-4)19(14-16)32-5)20(23(28)24(26)29)22(27)15-6-9-17(30-3)10-7-15/h6-11,14,21,27H,12-13H2,1-5H3/b22-20-. The fraction of sp³-hybridized carbons (Fsp3) is 0.333.